The molecule has 9 nitrogen and oxygen atoms in total. The molecule has 0 spiro atoms. The molecule has 0 unspecified atom stereocenters. The quantitative estimate of drug-likeness (QED) is 0.507. The van der Waals surface area contributed by atoms with Gasteiger partial charge in [0.2, 0.25) is 5.91 Å². The summed E-state index contributed by atoms with van der Waals surface area (Å²) in [5.41, 5.74) is 0.698. The zero-order chi connectivity index (χ0) is 21.5. The first-order valence-electron chi connectivity index (χ1n) is 8.95. The predicted octanol–water partition coefficient (Wildman–Crippen LogP) is 2.67. The van der Waals surface area contributed by atoms with Gasteiger partial charge in [0.25, 0.3) is 11.5 Å². The standard InChI is InChI=1S/C20H20N4O5S/c1-28-13-6-7-16(29-2)15(10-13)23-17(25)8-5-12-11-30-20(22-12)24-19(27)14-4-3-9-21-18(14)26/h3-4,6-7,9-11H,5,8H2,1-2H3,(H,21,26)(H,23,25)(H,22,24,27). The summed E-state index contributed by atoms with van der Waals surface area (Å²) in [6, 6.07) is 8.13. The van der Waals surface area contributed by atoms with Gasteiger partial charge in [-0.2, -0.15) is 0 Å². The molecule has 0 bridgehead atoms. The smallest absolute Gasteiger partial charge is 0.263 e. The summed E-state index contributed by atoms with van der Waals surface area (Å²) in [5.74, 6) is 0.374. The Morgan fingerprint density at radius 3 is 2.73 bits per heavy atom. The second-order valence-corrected chi connectivity index (χ2v) is 6.98. The van der Waals surface area contributed by atoms with E-state index in [9.17, 15) is 14.4 Å². The fourth-order valence-electron chi connectivity index (χ4n) is 2.61. The van der Waals surface area contributed by atoms with Crippen molar-refractivity contribution in [2.24, 2.45) is 0 Å². The van der Waals surface area contributed by atoms with Crippen LogP contribution in [0.3, 0.4) is 0 Å². The highest BCUT2D eigenvalue weighted by Gasteiger charge is 2.13. The molecule has 10 heteroatoms. The van der Waals surface area contributed by atoms with Gasteiger partial charge in [0.1, 0.15) is 17.1 Å². The van der Waals surface area contributed by atoms with Gasteiger partial charge in [-0.15, -0.1) is 11.3 Å². The molecule has 1 aromatic carbocycles. The van der Waals surface area contributed by atoms with Crippen LogP contribution in [0.4, 0.5) is 10.8 Å². The minimum absolute atomic E-state index is 0.000800. The number of aromatic amines is 1. The van der Waals surface area contributed by atoms with Crippen molar-refractivity contribution in [2.45, 2.75) is 12.8 Å². The maximum Gasteiger partial charge on any atom is 0.263 e. The van der Waals surface area contributed by atoms with Crippen molar-refractivity contribution in [2.75, 3.05) is 24.9 Å². The highest BCUT2D eigenvalue weighted by Crippen LogP contribution is 2.29. The first kappa shape index (κ1) is 21.1. The zero-order valence-corrected chi connectivity index (χ0v) is 17.2. The summed E-state index contributed by atoms with van der Waals surface area (Å²) < 4.78 is 10.4. The molecule has 0 saturated carbocycles. The topological polar surface area (TPSA) is 122 Å². The summed E-state index contributed by atoms with van der Waals surface area (Å²) in [6.45, 7) is 0. The number of nitrogens with one attached hydrogen (secondary N) is 3. The van der Waals surface area contributed by atoms with E-state index in [1.807, 2.05) is 0 Å². The fourth-order valence-corrected chi connectivity index (χ4v) is 3.35. The van der Waals surface area contributed by atoms with Gasteiger partial charge >= 0.3 is 0 Å². The third-order valence-corrected chi connectivity index (χ3v) is 4.93. The Kier molecular flexibility index (Phi) is 6.81. The van der Waals surface area contributed by atoms with Gasteiger partial charge in [0, 0.05) is 24.1 Å². The molecule has 0 fully saturated rings. The van der Waals surface area contributed by atoms with Gasteiger partial charge in [-0.05, 0) is 30.7 Å². The molecule has 2 heterocycles. The third-order valence-electron chi connectivity index (χ3n) is 4.12. The lowest BCUT2D eigenvalue weighted by atomic mass is 10.2. The van der Waals surface area contributed by atoms with Crippen molar-refractivity contribution >= 4 is 34.0 Å². The number of hydrogen-bond acceptors (Lipinski definition) is 7. The van der Waals surface area contributed by atoms with E-state index in [4.69, 9.17) is 9.47 Å². The summed E-state index contributed by atoms with van der Waals surface area (Å²) in [5, 5.41) is 7.50. The minimum Gasteiger partial charge on any atom is -0.497 e. The van der Waals surface area contributed by atoms with Crippen molar-refractivity contribution in [3.63, 3.8) is 0 Å². The number of aryl methyl sites for hydroxylation is 1. The van der Waals surface area contributed by atoms with Crippen LogP contribution in [-0.4, -0.2) is 36.0 Å². The van der Waals surface area contributed by atoms with Crippen molar-refractivity contribution in [1.29, 1.82) is 0 Å². The number of carbonyl (C=O) groups is 2. The number of hydrogen-bond donors (Lipinski definition) is 3. The normalized spacial score (nSPS) is 10.3. The second kappa shape index (κ2) is 9.70. The van der Waals surface area contributed by atoms with Crippen LogP contribution in [0, 0.1) is 0 Å². The van der Waals surface area contributed by atoms with E-state index >= 15 is 0 Å². The van der Waals surface area contributed by atoms with Gasteiger partial charge in [-0.1, -0.05) is 0 Å². The summed E-state index contributed by atoms with van der Waals surface area (Å²) in [7, 11) is 3.06. The summed E-state index contributed by atoms with van der Waals surface area (Å²) in [6.07, 6.45) is 2.03. The predicted molar refractivity (Wildman–Crippen MR) is 114 cm³/mol. The SMILES string of the molecule is COc1ccc(OC)c(NC(=O)CCc2csc(NC(=O)c3ccc[nH]c3=O)n2)c1. The van der Waals surface area contributed by atoms with E-state index in [1.165, 1.54) is 30.7 Å². The molecule has 0 saturated heterocycles. The number of pyridine rings is 1. The lowest BCUT2D eigenvalue weighted by Gasteiger charge is -2.11. The van der Waals surface area contributed by atoms with Crippen LogP contribution >= 0.6 is 11.3 Å². The highest BCUT2D eigenvalue weighted by atomic mass is 32.1. The van der Waals surface area contributed by atoms with Crippen molar-refractivity contribution in [1.82, 2.24) is 9.97 Å². The van der Waals surface area contributed by atoms with Crippen LogP contribution < -0.4 is 25.7 Å². The maximum atomic E-state index is 12.3. The van der Waals surface area contributed by atoms with Gasteiger partial charge in [0.15, 0.2) is 5.13 Å². The van der Waals surface area contributed by atoms with E-state index in [0.717, 1.165) is 0 Å². The van der Waals surface area contributed by atoms with Gasteiger partial charge in [-0.25, -0.2) is 4.98 Å². The Morgan fingerprint density at radius 2 is 2.00 bits per heavy atom. The largest absolute Gasteiger partial charge is 0.497 e. The molecule has 0 aliphatic rings. The molecule has 0 atom stereocenters. The first-order chi connectivity index (χ1) is 14.5. The number of nitrogens with zero attached hydrogens (tertiary/aromatic N) is 1. The van der Waals surface area contributed by atoms with Gasteiger partial charge in [0.05, 0.1) is 25.6 Å². The van der Waals surface area contributed by atoms with Crippen molar-refractivity contribution < 1.29 is 19.1 Å². The van der Waals surface area contributed by atoms with Crippen LogP contribution in [0.5, 0.6) is 11.5 Å². The molecule has 0 aliphatic carbocycles. The Bertz CT molecular complexity index is 1110. The number of thiazole rings is 1. The maximum absolute atomic E-state index is 12.3. The number of methoxy groups -OCH3 is 2. The number of ether oxygens (including phenoxy) is 2. The number of carbonyl (C=O) groups excluding carboxylic acids is 2. The number of H-pyrrole nitrogens is 1. The molecular formula is C20H20N4O5S. The lowest BCUT2D eigenvalue weighted by molar-refractivity contribution is -0.116. The lowest BCUT2D eigenvalue weighted by Crippen LogP contribution is -2.22. The number of amides is 2. The molecule has 156 valence electrons. The molecule has 30 heavy (non-hydrogen) atoms. The van der Waals surface area contributed by atoms with Crippen LogP contribution in [0.25, 0.3) is 0 Å². The Labute approximate surface area is 176 Å². The fraction of sp³-hybridized carbons (Fsp3) is 0.200. The molecular weight excluding hydrogens is 408 g/mol. The molecule has 0 aliphatic heterocycles. The van der Waals surface area contributed by atoms with E-state index in [-0.39, 0.29) is 17.9 Å². The number of aromatic nitrogens is 2. The average molecular weight is 428 g/mol. The molecule has 0 radical (unpaired) electrons. The molecule has 2 aromatic heterocycles. The van der Waals surface area contributed by atoms with E-state index in [0.29, 0.717) is 34.4 Å². The Morgan fingerprint density at radius 1 is 1.17 bits per heavy atom. The molecule has 3 rings (SSSR count). The van der Waals surface area contributed by atoms with Crippen molar-refractivity contribution in [3.8, 4) is 11.5 Å². The Balaban J connectivity index is 1.57. The first-order valence-corrected chi connectivity index (χ1v) is 9.83. The molecule has 3 aromatic rings. The number of benzene rings is 1. The monoisotopic (exact) mass is 428 g/mol. The number of rotatable bonds is 8. The summed E-state index contributed by atoms with van der Waals surface area (Å²) in [4.78, 5) is 42.9. The number of anilines is 2. The average Bonchev–Trinajstić information content (AvgIpc) is 3.19. The minimum atomic E-state index is -0.541. The van der Waals surface area contributed by atoms with E-state index in [1.54, 1.807) is 36.8 Å². The zero-order valence-electron chi connectivity index (χ0n) is 16.4. The van der Waals surface area contributed by atoms with Crippen molar-refractivity contribution in [3.05, 3.63) is 63.5 Å². The highest BCUT2D eigenvalue weighted by molar-refractivity contribution is 7.14. The third kappa shape index (κ3) is 5.23. The molecule has 3 N–H and O–H groups in total. The second-order valence-electron chi connectivity index (χ2n) is 6.13. The molecule has 2 amide bonds. The van der Waals surface area contributed by atoms with E-state index in [2.05, 4.69) is 20.6 Å². The van der Waals surface area contributed by atoms with Crippen LogP contribution in [0.1, 0.15) is 22.5 Å². The van der Waals surface area contributed by atoms with Crippen LogP contribution in [0.2, 0.25) is 0 Å². The van der Waals surface area contributed by atoms with Crippen LogP contribution in [0.15, 0.2) is 46.7 Å². The van der Waals surface area contributed by atoms with Crippen LogP contribution in [-0.2, 0) is 11.2 Å². The summed E-state index contributed by atoms with van der Waals surface area (Å²) >= 11 is 1.22. The van der Waals surface area contributed by atoms with Gasteiger partial charge in [-0.3, -0.25) is 19.7 Å². The van der Waals surface area contributed by atoms with Gasteiger partial charge < -0.3 is 19.8 Å². The Hall–Kier alpha value is -3.66. The van der Waals surface area contributed by atoms with E-state index < -0.39 is 11.5 Å².